The van der Waals surface area contributed by atoms with Gasteiger partial charge in [-0.05, 0) is 39.2 Å². The van der Waals surface area contributed by atoms with E-state index in [2.05, 4.69) is 4.98 Å². The maximum atomic E-state index is 12.2. The van der Waals surface area contributed by atoms with Crippen molar-refractivity contribution in [1.29, 1.82) is 0 Å². The minimum Gasteiger partial charge on any atom is -0.489 e. The molecule has 19 heavy (non-hydrogen) atoms. The fraction of sp³-hybridized carbons (Fsp3) is 0.600. The smallest absolute Gasteiger partial charge is 0.167 e. The van der Waals surface area contributed by atoms with Gasteiger partial charge in [-0.15, -0.1) is 0 Å². The summed E-state index contributed by atoms with van der Waals surface area (Å²) in [7, 11) is 0. The Morgan fingerprint density at radius 3 is 3.00 bits per heavy atom. The van der Waals surface area contributed by atoms with Crippen LogP contribution in [-0.4, -0.2) is 29.6 Å². The van der Waals surface area contributed by atoms with Crippen molar-refractivity contribution < 1.29 is 14.3 Å². The summed E-state index contributed by atoms with van der Waals surface area (Å²) in [5.41, 5.74) is 0.604. The Kier molecular flexibility index (Phi) is 4.91. The molecular weight excluding hydrogens is 242 g/mol. The molecule has 0 saturated carbocycles. The largest absolute Gasteiger partial charge is 0.489 e. The average Bonchev–Trinajstić information content (AvgIpc) is 2.39. The molecule has 2 rings (SSSR count). The van der Waals surface area contributed by atoms with Crippen molar-refractivity contribution in [2.45, 2.75) is 51.7 Å². The predicted octanol–water partition coefficient (Wildman–Crippen LogP) is 3.01. The van der Waals surface area contributed by atoms with Crippen molar-refractivity contribution in [3.8, 4) is 5.75 Å². The number of carbonyl (C=O) groups is 1. The quantitative estimate of drug-likeness (QED) is 0.766. The molecule has 0 bridgehead atoms. The van der Waals surface area contributed by atoms with Gasteiger partial charge in [0.25, 0.3) is 0 Å². The number of ketones is 1. The van der Waals surface area contributed by atoms with Crippen LogP contribution >= 0.6 is 0 Å². The fourth-order valence-corrected chi connectivity index (χ4v) is 2.20. The SMILES string of the molecule is CC(C)Oc1cncc(C(=O)CC2CCCCO2)c1. The van der Waals surface area contributed by atoms with Crippen LogP contribution in [0, 0.1) is 0 Å². The highest BCUT2D eigenvalue weighted by atomic mass is 16.5. The molecule has 104 valence electrons. The van der Waals surface area contributed by atoms with Gasteiger partial charge in [0.2, 0.25) is 0 Å². The summed E-state index contributed by atoms with van der Waals surface area (Å²) in [6, 6.07) is 1.76. The van der Waals surface area contributed by atoms with Gasteiger partial charge in [0.1, 0.15) is 5.75 Å². The monoisotopic (exact) mass is 263 g/mol. The normalized spacial score (nSPS) is 19.4. The highest BCUT2D eigenvalue weighted by Crippen LogP contribution is 2.19. The zero-order valence-electron chi connectivity index (χ0n) is 11.6. The van der Waals surface area contributed by atoms with Crippen LogP contribution in [0.4, 0.5) is 0 Å². The van der Waals surface area contributed by atoms with Gasteiger partial charge in [0.05, 0.1) is 18.4 Å². The van der Waals surface area contributed by atoms with Gasteiger partial charge in [-0.3, -0.25) is 9.78 Å². The number of ether oxygens (including phenoxy) is 2. The molecule has 4 nitrogen and oxygen atoms in total. The topological polar surface area (TPSA) is 48.4 Å². The summed E-state index contributed by atoms with van der Waals surface area (Å²) < 4.78 is 11.1. The number of nitrogens with zero attached hydrogens (tertiary/aromatic N) is 1. The Labute approximate surface area is 114 Å². The van der Waals surface area contributed by atoms with E-state index in [1.807, 2.05) is 13.8 Å². The van der Waals surface area contributed by atoms with E-state index in [0.29, 0.717) is 17.7 Å². The number of aromatic nitrogens is 1. The molecule has 0 amide bonds. The molecule has 1 unspecified atom stereocenters. The molecule has 4 heteroatoms. The molecule has 1 atom stereocenters. The summed E-state index contributed by atoms with van der Waals surface area (Å²) in [5.74, 6) is 0.721. The van der Waals surface area contributed by atoms with E-state index in [-0.39, 0.29) is 18.0 Å². The van der Waals surface area contributed by atoms with Crippen LogP contribution in [0.15, 0.2) is 18.5 Å². The Bertz CT molecular complexity index is 425. The number of hydrogen-bond donors (Lipinski definition) is 0. The van der Waals surface area contributed by atoms with E-state index >= 15 is 0 Å². The number of pyridine rings is 1. The summed E-state index contributed by atoms with van der Waals surface area (Å²) >= 11 is 0. The van der Waals surface area contributed by atoms with Crippen LogP contribution in [0.3, 0.4) is 0 Å². The van der Waals surface area contributed by atoms with Crippen LogP contribution in [0.5, 0.6) is 5.75 Å². The van der Waals surface area contributed by atoms with E-state index in [1.165, 1.54) is 0 Å². The third kappa shape index (κ3) is 4.31. The van der Waals surface area contributed by atoms with Crippen LogP contribution < -0.4 is 4.74 Å². The minimum absolute atomic E-state index is 0.0657. The Balaban J connectivity index is 1.97. The van der Waals surface area contributed by atoms with Gasteiger partial charge >= 0.3 is 0 Å². The van der Waals surface area contributed by atoms with Crippen molar-refractivity contribution in [1.82, 2.24) is 4.98 Å². The summed E-state index contributed by atoms with van der Waals surface area (Å²) in [6.45, 7) is 4.67. The second kappa shape index (κ2) is 6.66. The molecule has 1 aromatic heterocycles. The first-order valence-electron chi connectivity index (χ1n) is 6.91. The molecule has 0 aliphatic carbocycles. The van der Waals surface area contributed by atoms with Gasteiger partial charge in [-0.25, -0.2) is 0 Å². The molecule has 0 spiro atoms. The maximum Gasteiger partial charge on any atom is 0.167 e. The first-order valence-corrected chi connectivity index (χ1v) is 6.91. The van der Waals surface area contributed by atoms with Crippen molar-refractivity contribution in [2.75, 3.05) is 6.61 Å². The lowest BCUT2D eigenvalue weighted by Gasteiger charge is -2.21. The maximum absolute atomic E-state index is 12.2. The van der Waals surface area contributed by atoms with E-state index in [0.717, 1.165) is 25.9 Å². The lowest BCUT2D eigenvalue weighted by Crippen LogP contribution is -2.22. The van der Waals surface area contributed by atoms with Gasteiger partial charge in [0, 0.05) is 24.8 Å². The summed E-state index contributed by atoms with van der Waals surface area (Å²) in [6.07, 6.45) is 7.03. The first-order chi connectivity index (χ1) is 9.15. The third-order valence-corrected chi connectivity index (χ3v) is 3.09. The Morgan fingerprint density at radius 1 is 1.47 bits per heavy atom. The Morgan fingerprint density at radius 2 is 2.32 bits per heavy atom. The van der Waals surface area contributed by atoms with Crippen molar-refractivity contribution in [3.63, 3.8) is 0 Å². The minimum atomic E-state index is 0.0657. The number of hydrogen-bond acceptors (Lipinski definition) is 4. The molecular formula is C15H21NO3. The van der Waals surface area contributed by atoms with Crippen LogP contribution in [-0.2, 0) is 4.74 Å². The molecule has 2 heterocycles. The van der Waals surface area contributed by atoms with E-state index in [4.69, 9.17) is 9.47 Å². The van der Waals surface area contributed by atoms with Crippen LogP contribution in [0.2, 0.25) is 0 Å². The van der Waals surface area contributed by atoms with Crippen molar-refractivity contribution in [3.05, 3.63) is 24.0 Å². The molecule has 0 radical (unpaired) electrons. The van der Waals surface area contributed by atoms with Crippen molar-refractivity contribution in [2.24, 2.45) is 0 Å². The number of rotatable bonds is 5. The highest BCUT2D eigenvalue weighted by molar-refractivity contribution is 5.96. The molecule has 1 fully saturated rings. The van der Waals surface area contributed by atoms with Crippen LogP contribution in [0.1, 0.15) is 49.9 Å². The predicted molar refractivity (Wildman–Crippen MR) is 72.5 cm³/mol. The summed E-state index contributed by atoms with van der Waals surface area (Å²) in [5, 5.41) is 0. The molecule has 0 aromatic carbocycles. The molecule has 1 aliphatic heterocycles. The van der Waals surface area contributed by atoms with E-state index in [1.54, 1.807) is 18.5 Å². The zero-order chi connectivity index (χ0) is 13.7. The number of carbonyl (C=O) groups excluding carboxylic acids is 1. The third-order valence-electron chi connectivity index (χ3n) is 3.09. The van der Waals surface area contributed by atoms with Crippen LogP contribution in [0.25, 0.3) is 0 Å². The fourth-order valence-electron chi connectivity index (χ4n) is 2.20. The van der Waals surface area contributed by atoms with Gasteiger partial charge < -0.3 is 9.47 Å². The zero-order valence-corrected chi connectivity index (χ0v) is 11.6. The Hall–Kier alpha value is -1.42. The van der Waals surface area contributed by atoms with E-state index in [9.17, 15) is 4.79 Å². The first kappa shape index (κ1) is 14.0. The molecule has 1 aromatic rings. The second-order valence-electron chi connectivity index (χ2n) is 5.19. The summed E-state index contributed by atoms with van der Waals surface area (Å²) in [4.78, 5) is 16.2. The van der Waals surface area contributed by atoms with Gasteiger partial charge in [0.15, 0.2) is 5.78 Å². The molecule has 0 N–H and O–H groups in total. The van der Waals surface area contributed by atoms with E-state index < -0.39 is 0 Å². The number of Topliss-reactive ketones (excluding diaryl/α,β-unsaturated/α-hetero) is 1. The molecule has 1 aliphatic rings. The standard InChI is InChI=1S/C15H21NO3/c1-11(2)19-14-7-12(9-16-10-14)15(17)8-13-5-3-4-6-18-13/h7,9-11,13H,3-6,8H2,1-2H3. The lowest BCUT2D eigenvalue weighted by molar-refractivity contribution is 0.0129. The second-order valence-corrected chi connectivity index (χ2v) is 5.19. The van der Waals surface area contributed by atoms with Gasteiger partial charge in [-0.1, -0.05) is 0 Å². The lowest BCUT2D eigenvalue weighted by atomic mass is 10.0. The van der Waals surface area contributed by atoms with Crippen molar-refractivity contribution >= 4 is 5.78 Å². The average molecular weight is 263 g/mol. The van der Waals surface area contributed by atoms with Gasteiger partial charge in [-0.2, -0.15) is 0 Å². The molecule has 1 saturated heterocycles. The highest BCUT2D eigenvalue weighted by Gasteiger charge is 2.19.